The number of carbonyl (C=O) groups is 1. The molecule has 148 valence electrons. The van der Waals surface area contributed by atoms with Crippen molar-refractivity contribution in [2.45, 2.75) is 12.1 Å². The maximum absolute atomic E-state index is 12.7. The highest BCUT2D eigenvalue weighted by Crippen LogP contribution is 2.26. The van der Waals surface area contributed by atoms with Crippen LogP contribution in [-0.2, 0) is 0 Å². The van der Waals surface area contributed by atoms with Crippen molar-refractivity contribution >= 4 is 24.1 Å². The summed E-state index contributed by atoms with van der Waals surface area (Å²) in [6.45, 7) is 0. The molecule has 0 aromatic heterocycles. The summed E-state index contributed by atoms with van der Waals surface area (Å²) in [6.07, 6.45) is 5.55. The SMILES string of the molecule is O=C(N[C@@H]1C([O-])=N/[N+](=C\C=C\c2ccccc2)[C@H]1c1ccccc1)c1ccccc1. The second kappa shape index (κ2) is 9.01. The predicted octanol–water partition coefficient (Wildman–Crippen LogP) is 3.01. The van der Waals surface area contributed by atoms with Gasteiger partial charge in [0.2, 0.25) is 6.04 Å². The average Bonchev–Trinajstić information content (AvgIpc) is 3.10. The predicted molar refractivity (Wildman–Crippen MR) is 116 cm³/mol. The van der Waals surface area contributed by atoms with Crippen molar-refractivity contribution in [1.29, 1.82) is 0 Å². The van der Waals surface area contributed by atoms with Crippen molar-refractivity contribution in [3.63, 3.8) is 0 Å². The van der Waals surface area contributed by atoms with Crippen molar-refractivity contribution in [2.75, 3.05) is 0 Å². The third kappa shape index (κ3) is 4.36. The van der Waals surface area contributed by atoms with Gasteiger partial charge in [-0.1, -0.05) is 83.5 Å². The van der Waals surface area contributed by atoms with Gasteiger partial charge in [0.05, 0.1) is 5.90 Å². The Morgan fingerprint density at radius 3 is 2.17 bits per heavy atom. The quantitative estimate of drug-likeness (QED) is 0.675. The monoisotopic (exact) mass is 395 g/mol. The van der Waals surface area contributed by atoms with Crippen LogP contribution >= 0.6 is 0 Å². The van der Waals surface area contributed by atoms with E-state index >= 15 is 0 Å². The van der Waals surface area contributed by atoms with Gasteiger partial charge in [0.1, 0.15) is 6.04 Å². The minimum absolute atomic E-state index is 0.299. The van der Waals surface area contributed by atoms with Crippen molar-refractivity contribution < 1.29 is 14.6 Å². The number of hydrazone groups is 1. The highest BCUT2D eigenvalue weighted by molar-refractivity contribution is 5.97. The molecule has 1 amide bonds. The Balaban J connectivity index is 1.63. The topological polar surface area (TPSA) is 67.5 Å². The number of benzene rings is 3. The number of hydrogen-bond donors (Lipinski definition) is 1. The smallest absolute Gasteiger partial charge is 0.252 e. The van der Waals surface area contributed by atoms with Crippen LogP contribution in [0.3, 0.4) is 0 Å². The van der Waals surface area contributed by atoms with Crippen LogP contribution in [0.1, 0.15) is 27.5 Å². The molecule has 0 unspecified atom stereocenters. The zero-order valence-electron chi connectivity index (χ0n) is 16.3. The van der Waals surface area contributed by atoms with Crippen LogP contribution < -0.4 is 10.4 Å². The second-order valence-electron chi connectivity index (χ2n) is 6.91. The molecule has 0 spiro atoms. The Bertz CT molecular complexity index is 1090. The van der Waals surface area contributed by atoms with Gasteiger partial charge in [-0.25, -0.2) is 0 Å². The van der Waals surface area contributed by atoms with E-state index in [9.17, 15) is 9.90 Å². The van der Waals surface area contributed by atoms with Crippen LogP contribution in [0, 0.1) is 0 Å². The Labute approximate surface area is 175 Å². The zero-order chi connectivity index (χ0) is 20.8. The van der Waals surface area contributed by atoms with Crippen LogP contribution in [0.2, 0.25) is 0 Å². The summed E-state index contributed by atoms with van der Waals surface area (Å²) < 4.78 is 1.62. The molecule has 2 atom stereocenters. The fraction of sp³-hybridized carbons (Fsp3) is 0.0800. The van der Waals surface area contributed by atoms with Crippen LogP contribution in [0.5, 0.6) is 0 Å². The van der Waals surface area contributed by atoms with Gasteiger partial charge in [-0.15, -0.1) is 0 Å². The van der Waals surface area contributed by atoms with Gasteiger partial charge in [0, 0.05) is 17.2 Å². The number of carbonyl (C=O) groups excluding carboxylic acids is 1. The fourth-order valence-corrected chi connectivity index (χ4v) is 3.41. The molecule has 0 aliphatic carbocycles. The summed E-state index contributed by atoms with van der Waals surface area (Å²) in [5, 5.41) is 19.7. The standard InChI is InChI=1S/C25H21N3O2/c29-24(21-16-8-3-9-17-21)26-22-23(20-14-6-2-7-15-20)28(27-25(22)30)18-10-13-19-11-4-1-5-12-19/h1-18,22-23H,(H-,26,27,29,30)/b13-10+,28-18-/t22-,23-/m0/s1. The lowest BCUT2D eigenvalue weighted by Crippen LogP contribution is -2.47. The zero-order valence-corrected chi connectivity index (χ0v) is 16.3. The van der Waals surface area contributed by atoms with E-state index in [2.05, 4.69) is 10.4 Å². The van der Waals surface area contributed by atoms with Crippen LogP contribution in [0.4, 0.5) is 0 Å². The van der Waals surface area contributed by atoms with E-state index in [4.69, 9.17) is 0 Å². The molecule has 3 aromatic carbocycles. The minimum Gasteiger partial charge on any atom is -0.856 e. The Morgan fingerprint density at radius 2 is 1.50 bits per heavy atom. The van der Waals surface area contributed by atoms with E-state index in [0.717, 1.165) is 11.1 Å². The van der Waals surface area contributed by atoms with Crippen molar-refractivity contribution in [1.82, 2.24) is 5.32 Å². The van der Waals surface area contributed by atoms with Crippen LogP contribution in [0.25, 0.3) is 6.08 Å². The fourth-order valence-electron chi connectivity index (χ4n) is 3.41. The molecule has 0 saturated heterocycles. The molecule has 4 rings (SSSR count). The number of allylic oxidation sites excluding steroid dienone is 1. The average molecular weight is 395 g/mol. The largest absolute Gasteiger partial charge is 0.856 e. The van der Waals surface area contributed by atoms with Gasteiger partial charge >= 0.3 is 0 Å². The molecular formula is C25H21N3O2. The summed E-state index contributed by atoms with van der Waals surface area (Å²) >= 11 is 0. The van der Waals surface area contributed by atoms with Gasteiger partial charge in [0.25, 0.3) is 5.91 Å². The van der Waals surface area contributed by atoms with Crippen molar-refractivity contribution in [3.05, 3.63) is 114 Å². The lowest BCUT2D eigenvalue weighted by atomic mass is 9.99. The highest BCUT2D eigenvalue weighted by atomic mass is 16.3. The Morgan fingerprint density at radius 1 is 0.900 bits per heavy atom. The van der Waals surface area contributed by atoms with Crippen molar-refractivity contribution in [2.24, 2.45) is 5.10 Å². The van der Waals surface area contributed by atoms with Gasteiger partial charge in [-0.3, -0.25) is 4.79 Å². The third-order valence-corrected chi connectivity index (χ3v) is 4.87. The van der Waals surface area contributed by atoms with Gasteiger partial charge in [0.15, 0.2) is 6.21 Å². The van der Waals surface area contributed by atoms with Gasteiger partial charge in [-0.05, 0) is 28.9 Å². The lowest BCUT2D eigenvalue weighted by molar-refractivity contribution is -0.565. The van der Waals surface area contributed by atoms with E-state index in [0.29, 0.717) is 5.56 Å². The van der Waals surface area contributed by atoms with Crippen LogP contribution in [-0.4, -0.2) is 28.7 Å². The summed E-state index contributed by atoms with van der Waals surface area (Å²) in [4.78, 5) is 12.7. The molecule has 1 aliphatic rings. The minimum atomic E-state index is -0.776. The summed E-state index contributed by atoms with van der Waals surface area (Å²) in [7, 11) is 0. The molecule has 1 aliphatic heterocycles. The van der Waals surface area contributed by atoms with E-state index in [1.54, 1.807) is 35.2 Å². The Hall–Kier alpha value is -3.99. The van der Waals surface area contributed by atoms with Gasteiger partial charge < -0.3 is 10.4 Å². The molecule has 1 N–H and O–H groups in total. The Kier molecular flexibility index (Phi) is 5.80. The molecule has 5 heteroatoms. The summed E-state index contributed by atoms with van der Waals surface area (Å²) in [6, 6.07) is 27.1. The van der Waals surface area contributed by atoms with E-state index in [1.807, 2.05) is 78.9 Å². The molecule has 0 saturated carbocycles. The highest BCUT2D eigenvalue weighted by Gasteiger charge is 2.40. The van der Waals surface area contributed by atoms with E-state index in [-0.39, 0.29) is 11.8 Å². The molecule has 1 heterocycles. The normalized spacial score (nSPS) is 19.7. The lowest BCUT2D eigenvalue weighted by Gasteiger charge is -2.20. The maximum Gasteiger partial charge on any atom is 0.252 e. The third-order valence-electron chi connectivity index (χ3n) is 4.87. The summed E-state index contributed by atoms with van der Waals surface area (Å²) in [5.74, 6) is -0.677. The van der Waals surface area contributed by atoms with Crippen LogP contribution in [0.15, 0.2) is 102 Å². The molecule has 0 radical (unpaired) electrons. The number of nitrogens with one attached hydrogen (secondary N) is 1. The molecule has 5 nitrogen and oxygen atoms in total. The first kappa shape index (κ1) is 19.3. The molecule has 0 fully saturated rings. The summed E-state index contributed by atoms with van der Waals surface area (Å²) in [5.41, 5.74) is 2.45. The second-order valence-corrected chi connectivity index (χ2v) is 6.91. The molecule has 30 heavy (non-hydrogen) atoms. The molecule has 0 bridgehead atoms. The molecular weight excluding hydrogens is 374 g/mol. The van der Waals surface area contributed by atoms with E-state index in [1.165, 1.54) is 0 Å². The number of hydrogen-bond acceptors (Lipinski definition) is 3. The number of nitrogens with zero attached hydrogens (tertiary/aromatic N) is 2. The number of amides is 1. The first-order valence-corrected chi connectivity index (χ1v) is 9.74. The van der Waals surface area contributed by atoms with E-state index < -0.39 is 12.1 Å². The first-order chi connectivity index (χ1) is 14.7. The van der Waals surface area contributed by atoms with Gasteiger partial charge in [-0.2, -0.15) is 0 Å². The maximum atomic E-state index is 12.7. The van der Waals surface area contributed by atoms with Crippen molar-refractivity contribution in [3.8, 4) is 0 Å². The molecule has 3 aromatic rings. The first-order valence-electron chi connectivity index (χ1n) is 9.74. The number of rotatable bonds is 5.